The van der Waals surface area contributed by atoms with E-state index in [1.54, 1.807) is 23.1 Å². The zero-order valence-electron chi connectivity index (χ0n) is 14.6. The summed E-state index contributed by atoms with van der Waals surface area (Å²) in [6, 6.07) is 10.8. The number of aromatic amines is 1. The molecular weight excluding hydrogens is 332 g/mol. The van der Waals surface area contributed by atoms with E-state index in [1.165, 1.54) is 0 Å². The maximum Gasteiger partial charge on any atom is 0.289 e. The number of aromatic nitrogens is 2. The smallest absolute Gasteiger partial charge is 0.289 e. The third kappa shape index (κ3) is 3.25. The molecule has 134 valence electrons. The van der Waals surface area contributed by atoms with E-state index in [1.807, 2.05) is 25.1 Å². The summed E-state index contributed by atoms with van der Waals surface area (Å²) < 4.78 is 5.42. The molecule has 0 atom stereocenters. The van der Waals surface area contributed by atoms with Gasteiger partial charge in [-0.3, -0.25) is 14.5 Å². The third-order valence-electron chi connectivity index (χ3n) is 4.65. The predicted molar refractivity (Wildman–Crippen MR) is 97.0 cm³/mol. The number of fused-ring (bicyclic) bond motifs is 1. The van der Waals surface area contributed by atoms with Crippen LogP contribution in [0.25, 0.3) is 10.9 Å². The lowest BCUT2D eigenvalue weighted by atomic mass is 10.2. The van der Waals surface area contributed by atoms with Crippen LogP contribution in [0.3, 0.4) is 0 Å². The van der Waals surface area contributed by atoms with Crippen LogP contribution < -0.4 is 5.56 Å². The van der Waals surface area contributed by atoms with E-state index in [0.717, 1.165) is 18.8 Å². The number of H-pyrrole nitrogens is 1. The molecule has 4 rings (SSSR count). The fraction of sp³-hybridized carbons (Fsp3) is 0.316. The lowest BCUT2D eigenvalue weighted by Gasteiger charge is -2.33. The van der Waals surface area contributed by atoms with Crippen LogP contribution in [-0.2, 0) is 6.54 Å². The van der Waals surface area contributed by atoms with Gasteiger partial charge in [-0.05, 0) is 31.2 Å². The monoisotopic (exact) mass is 352 g/mol. The standard InChI is InChI=1S/C19H20N4O3/c1-13-6-7-16(26-13)19(25)23-10-8-22(9-11-23)12-17-20-15-5-3-2-4-14(15)18(24)21-17/h2-7H,8-12H2,1H3,(H,20,21,24). The first kappa shape index (κ1) is 16.5. The van der Waals surface area contributed by atoms with Gasteiger partial charge in [-0.2, -0.15) is 0 Å². The van der Waals surface area contributed by atoms with Crippen molar-refractivity contribution >= 4 is 16.8 Å². The van der Waals surface area contributed by atoms with Gasteiger partial charge in [0.25, 0.3) is 11.5 Å². The summed E-state index contributed by atoms with van der Waals surface area (Å²) in [5.41, 5.74) is 0.584. The largest absolute Gasteiger partial charge is 0.456 e. The number of rotatable bonds is 3. The molecule has 1 saturated heterocycles. The highest BCUT2D eigenvalue weighted by molar-refractivity contribution is 5.91. The summed E-state index contributed by atoms with van der Waals surface area (Å²) in [5, 5.41) is 0.598. The van der Waals surface area contributed by atoms with Gasteiger partial charge in [-0.25, -0.2) is 4.98 Å². The predicted octanol–water partition coefficient (Wildman–Crippen LogP) is 1.78. The second-order valence-corrected chi connectivity index (χ2v) is 6.51. The SMILES string of the molecule is Cc1ccc(C(=O)N2CCN(Cc3nc4ccccc4c(=O)[nH]3)CC2)o1. The quantitative estimate of drug-likeness (QED) is 0.777. The molecule has 0 spiro atoms. The van der Waals surface area contributed by atoms with E-state index >= 15 is 0 Å². The maximum absolute atomic E-state index is 12.4. The molecule has 26 heavy (non-hydrogen) atoms. The number of nitrogens with one attached hydrogen (secondary N) is 1. The summed E-state index contributed by atoms with van der Waals surface area (Å²) in [6.45, 7) is 5.07. The highest BCUT2D eigenvalue weighted by Crippen LogP contribution is 2.13. The molecule has 7 heteroatoms. The summed E-state index contributed by atoms with van der Waals surface area (Å²) in [7, 11) is 0. The Balaban J connectivity index is 1.41. The van der Waals surface area contributed by atoms with E-state index in [4.69, 9.17) is 4.42 Å². The Morgan fingerprint density at radius 1 is 1.15 bits per heavy atom. The molecule has 0 radical (unpaired) electrons. The molecular formula is C19H20N4O3. The molecule has 1 amide bonds. The number of carbonyl (C=O) groups is 1. The fourth-order valence-electron chi connectivity index (χ4n) is 3.24. The molecule has 3 heterocycles. The van der Waals surface area contributed by atoms with Gasteiger partial charge in [0.05, 0.1) is 17.4 Å². The second kappa shape index (κ2) is 6.76. The third-order valence-corrected chi connectivity index (χ3v) is 4.65. The molecule has 7 nitrogen and oxygen atoms in total. The van der Waals surface area contributed by atoms with Gasteiger partial charge >= 0.3 is 0 Å². The normalized spacial score (nSPS) is 15.5. The van der Waals surface area contributed by atoms with Gasteiger partial charge < -0.3 is 14.3 Å². The average Bonchev–Trinajstić information content (AvgIpc) is 3.08. The Morgan fingerprint density at radius 3 is 2.65 bits per heavy atom. The van der Waals surface area contributed by atoms with Gasteiger partial charge in [0.15, 0.2) is 5.76 Å². The van der Waals surface area contributed by atoms with E-state index in [9.17, 15) is 9.59 Å². The average molecular weight is 352 g/mol. The number of nitrogens with zero attached hydrogens (tertiary/aromatic N) is 3. The Hall–Kier alpha value is -2.93. The Morgan fingerprint density at radius 2 is 1.92 bits per heavy atom. The molecule has 1 aromatic carbocycles. The summed E-state index contributed by atoms with van der Waals surface area (Å²) >= 11 is 0. The van der Waals surface area contributed by atoms with Crippen molar-refractivity contribution in [1.82, 2.24) is 19.8 Å². The van der Waals surface area contributed by atoms with Crippen molar-refractivity contribution in [2.75, 3.05) is 26.2 Å². The molecule has 1 aliphatic rings. The van der Waals surface area contributed by atoms with E-state index < -0.39 is 0 Å². The molecule has 0 aliphatic carbocycles. The molecule has 0 unspecified atom stereocenters. The van der Waals surface area contributed by atoms with Crippen LogP contribution in [0.15, 0.2) is 45.6 Å². The summed E-state index contributed by atoms with van der Waals surface area (Å²) in [6.07, 6.45) is 0. The lowest BCUT2D eigenvalue weighted by Crippen LogP contribution is -2.48. The minimum Gasteiger partial charge on any atom is -0.456 e. The van der Waals surface area contributed by atoms with E-state index in [-0.39, 0.29) is 11.5 Å². The number of para-hydroxylation sites is 1. The van der Waals surface area contributed by atoms with Crippen molar-refractivity contribution < 1.29 is 9.21 Å². The zero-order valence-corrected chi connectivity index (χ0v) is 14.6. The highest BCUT2D eigenvalue weighted by atomic mass is 16.3. The Bertz CT molecular complexity index is 999. The number of amides is 1. The number of aryl methyl sites for hydroxylation is 1. The van der Waals surface area contributed by atoms with Crippen LogP contribution >= 0.6 is 0 Å². The molecule has 1 fully saturated rings. The fourth-order valence-corrected chi connectivity index (χ4v) is 3.24. The topological polar surface area (TPSA) is 82.4 Å². The van der Waals surface area contributed by atoms with Crippen molar-refractivity contribution in [3.63, 3.8) is 0 Å². The summed E-state index contributed by atoms with van der Waals surface area (Å²) in [4.78, 5) is 36.0. The lowest BCUT2D eigenvalue weighted by molar-refractivity contribution is 0.0593. The Kier molecular flexibility index (Phi) is 4.30. The van der Waals surface area contributed by atoms with Crippen LogP contribution in [0.4, 0.5) is 0 Å². The van der Waals surface area contributed by atoms with Crippen LogP contribution in [0.1, 0.15) is 22.1 Å². The van der Waals surface area contributed by atoms with Crippen molar-refractivity contribution in [2.45, 2.75) is 13.5 Å². The van der Waals surface area contributed by atoms with Crippen LogP contribution in [0.2, 0.25) is 0 Å². The summed E-state index contributed by atoms with van der Waals surface area (Å²) in [5.74, 6) is 1.69. The molecule has 1 aliphatic heterocycles. The maximum atomic E-state index is 12.4. The number of hydrogen-bond acceptors (Lipinski definition) is 5. The van der Waals surface area contributed by atoms with Crippen molar-refractivity contribution in [3.8, 4) is 0 Å². The molecule has 2 aromatic heterocycles. The van der Waals surface area contributed by atoms with Crippen molar-refractivity contribution in [3.05, 3.63) is 64.1 Å². The van der Waals surface area contributed by atoms with Crippen molar-refractivity contribution in [2.24, 2.45) is 0 Å². The van der Waals surface area contributed by atoms with Gasteiger partial charge in [0.2, 0.25) is 0 Å². The van der Waals surface area contributed by atoms with Crippen molar-refractivity contribution in [1.29, 1.82) is 0 Å². The molecule has 0 saturated carbocycles. The number of hydrogen-bond donors (Lipinski definition) is 1. The van der Waals surface area contributed by atoms with Crippen LogP contribution in [0, 0.1) is 6.92 Å². The first-order chi connectivity index (χ1) is 12.6. The van der Waals surface area contributed by atoms with Crippen LogP contribution in [-0.4, -0.2) is 51.9 Å². The second-order valence-electron chi connectivity index (χ2n) is 6.51. The van der Waals surface area contributed by atoms with Crippen LogP contribution in [0.5, 0.6) is 0 Å². The molecule has 1 N–H and O–H groups in total. The molecule has 0 bridgehead atoms. The minimum absolute atomic E-state index is 0.0741. The highest BCUT2D eigenvalue weighted by Gasteiger charge is 2.24. The van der Waals surface area contributed by atoms with Gasteiger partial charge in [-0.15, -0.1) is 0 Å². The van der Waals surface area contributed by atoms with E-state index in [0.29, 0.717) is 42.1 Å². The van der Waals surface area contributed by atoms with Gasteiger partial charge in [0.1, 0.15) is 11.6 Å². The molecule has 3 aromatic rings. The zero-order chi connectivity index (χ0) is 18.1. The Labute approximate surface area is 150 Å². The van der Waals surface area contributed by atoms with E-state index in [2.05, 4.69) is 14.9 Å². The first-order valence-electron chi connectivity index (χ1n) is 8.66. The first-order valence-corrected chi connectivity index (χ1v) is 8.66. The van der Waals surface area contributed by atoms with Gasteiger partial charge in [-0.1, -0.05) is 12.1 Å². The number of carbonyl (C=O) groups excluding carboxylic acids is 1. The number of piperazine rings is 1. The minimum atomic E-state index is -0.118. The van der Waals surface area contributed by atoms with Gasteiger partial charge in [0, 0.05) is 26.2 Å². The number of benzene rings is 1. The number of furan rings is 1.